The molecule has 3 aromatic rings. The van der Waals surface area contributed by atoms with Crippen molar-refractivity contribution < 1.29 is 34.4 Å². The Morgan fingerprint density at radius 2 is 1.68 bits per heavy atom. The van der Waals surface area contributed by atoms with Crippen LogP contribution in [0.4, 0.5) is 0 Å². The molecule has 9 nitrogen and oxygen atoms in total. The molecule has 2 aliphatic heterocycles. The fourth-order valence-electron chi connectivity index (χ4n) is 6.02. The quantitative estimate of drug-likeness (QED) is 0.237. The molecule has 4 N–H and O–H groups in total. The van der Waals surface area contributed by atoms with E-state index in [1.807, 2.05) is 72.8 Å². The number of hydrogen-bond acceptors (Lipinski definition) is 7. The minimum atomic E-state index is -0.903. The second-order valence-corrected chi connectivity index (χ2v) is 11.8. The average molecular weight is 603 g/mol. The number of carbonyl (C=O) groups is 2. The number of nitrogens with one attached hydrogen (secondary N) is 1. The predicted molar refractivity (Wildman–Crippen MR) is 165 cm³/mol. The van der Waals surface area contributed by atoms with Crippen LogP contribution in [0.3, 0.4) is 0 Å². The van der Waals surface area contributed by atoms with Gasteiger partial charge in [-0.05, 0) is 40.7 Å². The van der Waals surface area contributed by atoms with Gasteiger partial charge in [0.1, 0.15) is 0 Å². The Bertz CT molecular complexity index is 1390. The normalized spacial score (nSPS) is 23.8. The van der Waals surface area contributed by atoms with E-state index in [0.717, 1.165) is 46.3 Å². The molecule has 2 saturated heterocycles. The Balaban J connectivity index is 1.31. The van der Waals surface area contributed by atoms with Crippen molar-refractivity contribution in [3.05, 3.63) is 95.1 Å². The van der Waals surface area contributed by atoms with Crippen LogP contribution in [-0.4, -0.2) is 63.9 Å². The standard InChI is InChI=1S/C35H42N2O7/c1-23-31(21-37-18-17-29(39)20-37)43-35(44-34(23)26-11-9-24(22-38)10-12-26)27-15-13-25(14-16-27)30-6-3-2-5-28(30)19-36-32(40)7-4-8-33(41)42/h2-3,5-6,9-16,23,29,31,34-35,38-39H,4,7-8,17-22H2,1H3,(H,36,40)(H,41,42)/t23-,29-,31+,34+,35+/m0/s1. The summed E-state index contributed by atoms with van der Waals surface area (Å²) in [7, 11) is 0. The molecule has 5 rings (SSSR count). The topological polar surface area (TPSA) is 129 Å². The monoisotopic (exact) mass is 602 g/mol. The maximum absolute atomic E-state index is 12.2. The van der Waals surface area contributed by atoms with Gasteiger partial charge in [-0.15, -0.1) is 0 Å². The molecule has 2 fully saturated rings. The largest absolute Gasteiger partial charge is 0.481 e. The Morgan fingerprint density at radius 3 is 2.36 bits per heavy atom. The molecule has 5 atom stereocenters. The number of nitrogens with zero attached hydrogens (tertiary/aromatic N) is 1. The van der Waals surface area contributed by atoms with E-state index in [-0.39, 0.29) is 49.6 Å². The maximum atomic E-state index is 12.2. The fraction of sp³-hybridized carbons (Fsp3) is 0.429. The van der Waals surface area contributed by atoms with Gasteiger partial charge in [0.25, 0.3) is 0 Å². The highest BCUT2D eigenvalue weighted by molar-refractivity contribution is 5.77. The summed E-state index contributed by atoms with van der Waals surface area (Å²) in [5.41, 5.74) is 5.73. The highest BCUT2D eigenvalue weighted by atomic mass is 16.7. The van der Waals surface area contributed by atoms with Gasteiger partial charge in [-0.25, -0.2) is 0 Å². The molecule has 0 aliphatic carbocycles. The Morgan fingerprint density at radius 1 is 0.955 bits per heavy atom. The van der Waals surface area contributed by atoms with Crippen LogP contribution < -0.4 is 5.32 Å². The lowest BCUT2D eigenvalue weighted by Crippen LogP contribution is -2.44. The van der Waals surface area contributed by atoms with Gasteiger partial charge in [-0.1, -0.05) is 79.7 Å². The van der Waals surface area contributed by atoms with E-state index >= 15 is 0 Å². The minimum absolute atomic E-state index is 0.0123. The Labute approximate surface area is 258 Å². The summed E-state index contributed by atoms with van der Waals surface area (Å²) >= 11 is 0. The molecule has 9 heteroatoms. The minimum Gasteiger partial charge on any atom is -0.481 e. The zero-order valence-electron chi connectivity index (χ0n) is 25.1. The van der Waals surface area contributed by atoms with Crippen molar-refractivity contribution in [3.63, 3.8) is 0 Å². The van der Waals surface area contributed by atoms with E-state index in [0.29, 0.717) is 26.1 Å². The van der Waals surface area contributed by atoms with Crippen molar-refractivity contribution in [2.45, 2.75) is 70.4 Å². The van der Waals surface area contributed by atoms with Crippen molar-refractivity contribution in [2.24, 2.45) is 5.92 Å². The molecule has 44 heavy (non-hydrogen) atoms. The number of carbonyl (C=O) groups excluding carboxylic acids is 1. The molecule has 2 heterocycles. The first-order valence-electron chi connectivity index (χ1n) is 15.4. The van der Waals surface area contributed by atoms with E-state index < -0.39 is 12.3 Å². The molecule has 234 valence electrons. The number of carboxylic acids is 1. The third-order valence-corrected chi connectivity index (χ3v) is 8.59. The van der Waals surface area contributed by atoms with Crippen LogP contribution in [0.1, 0.15) is 67.3 Å². The number of aliphatic carboxylic acids is 1. The van der Waals surface area contributed by atoms with Gasteiger partial charge in [0.05, 0.1) is 24.9 Å². The molecule has 0 spiro atoms. The van der Waals surface area contributed by atoms with Gasteiger partial charge in [0.2, 0.25) is 5.91 Å². The van der Waals surface area contributed by atoms with E-state index in [9.17, 15) is 19.8 Å². The second kappa shape index (κ2) is 14.9. The number of amides is 1. The number of aliphatic hydroxyl groups is 2. The van der Waals surface area contributed by atoms with Crippen LogP contribution in [0.5, 0.6) is 0 Å². The van der Waals surface area contributed by atoms with Gasteiger partial charge in [-0.2, -0.15) is 0 Å². The summed E-state index contributed by atoms with van der Waals surface area (Å²) in [4.78, 5) is 25.2. The molecular formula is C35H42N2O7. The number of carboxylic acid groups (broad SMARTS) is 1. The zero-order chi connectivity index (χ0) is 31.1. The third-order valence-electron chi connectivity index (χ3n) is 8.59. The average Bonchev–Trinajstić information content (AvgIpc) is 3.45. The summed E-state index contributed by atoms with van der Waals surface area (Å²) < 4.78 is 13.2. The molecule has 0 radical (unpaired) electrons. The van der Waals surface area contributed by atoms with Crippen LogP contribution in [-0.2, 0) is 32.2 Å². The fourth-order valence-corrected chi connectivity index (χ4v) is 6.02. The summed E-state index contributed by atoms with van der Waals surface area (Å²) in [5, 5.41) is 31.3. The molecular weight excluding hydrogens is 560 g/mol. The highest BCUT2D eigenvalue weighted by Gasteiger charge is 2.39. The summed E-state index contributed by atoms with van der Waals surface area (Å²) in [6.07, 6.45) is 0.0233. The van der Waals surface area contributed by atoms with Crippen LogP contribution in [0.2, 0.25) is 0 Å². The van der Waals surface area contributed by atoms with Crippen LogP contribution in [0.25, 0.3) is 11.1 Å². The van der Waals surface area contributed by atoms with Gasteiger partial charge in [0.15, 0.2) is 6.29 Å². The smallest absolute Gasteiger partial charge is 0.303 e. The molecule has 2 aliphatic rings. The first-order valence-corrected chi connectivity index (χ1v) is 15.4. The number of ether oxygens (including phenoxy) is 2. The van der Waals surface area contributed by atoms with Crippen LogP contribution >= 0.6 is 0 Å². The van der Waals surface area contributed by atoms with E-state index in [1.165, 1.54) is 0 Å². The Kier molecular flexibility index (Phi) is 10.8. The number of aliphatic hydroxyl groups excluding tert-OH is 2. The first kappa shape index (κ1) is 31.8. The maximum Gasteiger partial charge on any atom is 0.303 e. The van der Waals surface area contributed by atoms with Crippen molar-refractivity contribution in [1.82, 2.24) is 10.2 Å². The molecule has 0 unspecified atom stereocenters. The Hall–Kier alpha value is -3.60. The van der Waals surface area contributed by atoms with Crippen molar-refractivity contribution >= 4 is 11.9 Å². The summed E-state index contributed by atoms with van der Waals surface area (Å²) in [6, 6.07) is 23.8. The number of rotatable bonds is 12. The van der Waals surface area contributed by atoms with E-state index in [4.69, 9.17) is 14.6 Å². The lowest BCUT2D eigenvalue weighted by molar-refractivity contribution is -0.276. The zero-order valence-corrected chi connectivity index (χ0v) is 25.1. The SMILES string of the molecule is C[C@H]1[C@@H](CN2CC[C@H](O)C2)O[C@@H](c2ccc(-c3ccccc3CNC(=O)CCCC(=O)O)cc2)O[C@H]1c1ccc(CO)cc1. The van der Waals surface area contributed by atoms with Crippen molar-refractivity contribution in [2.75, 3.05) is 19.6 Å². The summed E-state index contributed by atoms with van der Waals surface area (Å²) in [6.45, 7) is 4.67. The van der Waals surface area contributed by atoms with Crippen LogP contribution in [0, 0.1) is 5.92 Å². The lowest BCUT2D eigenvalue weighted by atomic mass is 9.90. The number of hydrogen-bond donors (Lipinski definition) is 4. The van der Waals surface area contributed by atoms with Crippen molar-refractivity contribution in [3.8, 4) is 11.1 Å². The lowest BCUT2D eigenvalue weighted by Gasteiger charge is -2.42. The van der Waals surface area contributed by atoms with Crippen LogP contribution in [0.15, 0.2) is 72.8 Å². The van der Waals surface area contributed by atoms with Gasteiger partial charge >= 0.3 is 5.97 Å². The molecule has 0 saturated carbocycles. The molecule has 0 aromatic heterocycles. The number of β-amino-alcohol motifs (C(OH)–C–C–N with tert-alkyl or cyclic N) is 1. The molecule has 1 amide bonds. The highest BCUT2D eigenvalue weighted by Crippen LogP contribution is 2.42. The first-order chi connectivity index (χ1) is 21.3. The molecule has 3 aromatic carbocycles. The van der Waals surface area contributed by atoms with Gasteiger partial charge in [0, 0.05) is 50.5 Å². The van der Waals surface area contributed by atoms with E-state index in [1.54, 1.807) is 0 Å². The van der Waals surface area contributed by atoms with Crippen molar-refractivity contribution in [1.29, 1.82) is 0 Å². The van der Waals surface area contributed by atoms with Gasteiger partial charge < -0.3 is 30.1 Å². The van der Waals surface area contributed by atoms with Gasteiger partial charge in [-0.3, -0.25) is 14.5 Å². The third kappa shape index (κ3) is 8.11. The summed E-state index contributed by atoms with van der Waals surface area (Å²) in [5.74, 6) is -1.01. The number of likely N-dealkylation sites (tertiary alicyclic amines) is 1. The second-order valence-electron chi connectivity index (χ2n) is 11.8. The molecule has 0 bridgehead atoms. The van der Waals surface area contributed by atoms with E-state index in [2.05, 4.69) is 17.1 Å². The predicted octanol–water partition coefficient (Wildman–Crippen LogP) is 4.58. The number of benzene rings is 3.